The first-order chi connectivity index (χ1) is 6.93. The molecule has 15 heavy (non-hydrogen) atoms. The lowest BCUT2D eigenvalue weighted by molar-refractivity contribution is 0.398. The molecule has 0 heterocycles. The summed E-state index contributed by atoms with van der Waals surface area (Å²) in [5.41, 5.74) is 6.01. The maximum Gasteiger partial charge on any atom is 0.0406 e. The monoisotopic (exact) mass is 243 g/mol. The molecular formula is C12H18ClNS. The van der Waals surface area contributed by atoms with E-state index >= 15 is 0 Å². The lowest BCUT2D eigenvalue weighted by atomic mass is 9.92. The zero-order chi connectivity index (χ0) is 11.5. The average Bonchev–Trinajstić information content (AvgIpc) is 2.15. The van der Waals surface area contributed by atoms with Crippen LogP contribution in [0.25, 0.3) is 0 Å². The van der Waals surface area contributed by atoms with Crippen molar-refractivity contribution >= 4 is 23.4 Å². The summed E-state index contributed by atoms with van der Waals surface area (Å²) in [6.07, 6.45) is 0. The number of nitrogens with two attached hydrogens (primary N) is 1. The Hall–Kier alpha value is -0.180. The van der Waals surface area contributed by atoms with E-state index in [9.17, 15) is 0 Å². The predicted octanol–water partition coefficient (Wildman–Crippen LogP) is 3.81. The maximum absolute atomic E-state index is 5.84. The number of rotatable bonds is 3. The Balaban J connectivity index is 2.71. The second-order valence-corrected chi connectivity index (χ2v) is 6.37. The zero-order valence-corrected chi connectivity index (χ0v) is 11.0. The molecule has 1 atom stereocenters. The highest BCUT2D eigenvalue weighted by Crippen LogP contribution is 2.34. The molecule has 0 radical (unpaired) electrons. The highest BCUT2D eigenvalue weighted by Gasteiger charge is 2.23. The third-order valence-electron chi connectivity index (χ3n) is 2.27. The van der Waals surface area contributed by atoms with E-state index in [1.165, 1.54) is 4.90 Å². The van der Waals surface area contributed by atoms with Gasteiger partial charge in [-0.2, -0.15) is 0 Å². The number of halogens is 1. The molecule has 0 spiro atoms. The van der Waals surface area contributed by atoms with Crippen LogP contribution in [0.1, 0.15) is 20.8 Å². The summed E-state index contributed by atoms with van der Waals surface area (Å²) in [5, 5.41) is 1.21. The Bertz CT molecular complexity index is 302. The molecule has 0 bridgehead atoms. The zero-order valence-electron chi connectivity index (χ0n) is 9.46. The van der Waals surface area contributed by atoms with Crippen molar-refractivity contribution in [3.8, 4) is 0 Å². The van der Waals surface area contributed by atoms with Crippen molar-refractivity contribution < 1.29 is 0 Å². The molecular weight excluding hydrogens is 226 g/mol. The molecule has 0 saturated carbocycles. The lowest BCUT2D eigenvalue weighted by Crippen LogP contribution is -2.30. The first-order valence-corrected chi connectivity index (χ1v) is 6.31. The fourth-order valence-corrected chi connectivity index (χ4v) is 2.45. The van der Waals surface area contributed by atoms with Gasteiger partial charge in [0.1, 0.15) is 0 Å². The van der Waals surface area contributed by atoms with E-state index in [1.54, 1.807) is 0 Å². The topological polar surface area (TPSA) is 26.0 Å². The summed E-state index contributed by atoms with van der Waals surface area (Å²) in [6.45, 7) is 7.34. The number of hydrogen-bond donors (Lipinski definition) is 1. The van der Waals surface area contributed by atoms with Crippen LogP contribution < -0.4 is 5.73 Å². The molecule has 0 saturated heterocycles. The van der Waals surface area contributed by atoms with Crippen LogP contribution in [0.5, 0.6) is 0 Å². The van der Waals surface area contributed by atoms with Gasteiger partial charge in [-0.05, 0) is 29.7 Å². The normalized spacial score (nSPS) is 13.9. The fraction of sp³-hybridized carbons (Fsp3) is 0.500. The van der Waals surface area contributed by atoms with Gasteiger partial charge < -0.3 is 5.73 Å². The van der Waals surface area contributed by atoms with Crippen LogP contribution in [0.2, 0.25) is 5.02 Å². The lowest BCUT2D eigenvalue weighted by Gasteiger charge is -2.28. The molecule has 0 aromatic heterocycles. The molecule has 2 N–H and O–H groups in total. The largest absolute Gasteiger partial charge is 0.329 e. The van der Waals surface area contributed by atoms with E-state index in [-0.39, 0.29) is 5.41 Å². The molecule has 0 amide bonds. The SMILES string of the molecule is CC(C)(C)C(CN)Sc1ccc(Cl)cc1. The van der Waals surface area contributed by atoms with E-state index in [1.807, 2.05) is 36.0 Å². The summed E-state index contributed by atoms with van der Waals surface area (Å²) < 4.78 is 0. The molecule has 1 unspecified atom stereocenters. The first-order valence-electron chi connectivity index (χ1n) is 5.06. The Morgan fingerprint density at radius 2 is 1.80 bits per heavy atom. The van der Waals surface area contributed by atoms with Gasteiger partial charge in [0.2, 0.25) is 0 Å². The Kier molecular flexibility index (Phi) is 4.50. The molecule has 0 aliphatic rings. The summed E-state index contributed by atoms with van der Waals surface area (Å²) in [5.74, 6) is 0. The number of benzene rings is 1. The van der Waals surface area contributed by atoms with Gasteiger partial charge in [-0.3, -0.25) is 0 Å². The summed E-state index contributed by atoms with van der Waals surface area (Å²) in [4.78, 5) is 1.23. The van der Waals surface area contributed by atoms with E-state index in [2.05, 4.69) is 20.8 Å². The van der Waals surface area contributed by atoms with E-state index < -0.39 is 0 Å². The van der Waals surface area contributed by atoms with Crippen LogP contribution in [0, 0.1) is 5.41 Å². The third-order valence-corrected chi connectivity index (χ3v) is 4.25. The second-order valence-electron chi connectivity index (χ2n) is 4.66. The summed E-state index contributed by atoms with van der Waals surface area (Å²) >= 11 is 7.66. The van der Waals surface area contributed by atoms with Crippen LogP contribution in [0.4, 0.5) is 0 Å². The minimum atomic E-state index is 0.221. The van der Waals surface area contributed by atoms with Crippen LogP contribution in [0.15, 0.2) is 29.2 Å². The first kappa shape index (κ1) is 12.9. The molecule has 1 aromatic carbocycles. The smallest absolute Gasteiger partial charge is 0.0406 e. The average molecular weight is 244 g/mol. The molecule has 0 aliphatic carbocycles. The molecule has 0 fully saturated rings. The van der Waals surface area contributed by atoms with Gasteiger partial charge in [0, 0.05) is 21.7 Å². The molecule has 0 aliphatic heterocycles. The van der Waals surface area contributed by atoms with Gasteiger partial charge in [-0.1, -0.05) is 32.4 Å². The van der Waals surface area contributed by atoms with Gasteiger partial charge in [-0.25, -0.2) is 0 Å². The summed E-state index contributed by atoms with van der Waals surface area (Å²) in [6, 6.07) is 7.92. The fourth-order valence-electron chi connectivity index (χ4n) is 1.26. The molecule has 1 nitrogen and oxygen atoms in total. The van der Waals surface area contributed by atoms with E-state index in [0.29, 0.717) is 11.8 Å². The van der Waals surface area contributed by atoms with Gasteiger partial charge in [-0.15, -0.1) is 11.8 Å². The molecule has 1 rings (SSSR count). The van der Waals surface area contributed by atoms with Gasteiger partial charge in [0.05, 0.1) is 0 Å². The second kappa shape index (κ2) is 5.24. The van der Waals surface area contributed by atoms with Crippen LogP contribution >= 0.6 is 23.4 Å². The third kappa shape index (κ3) is 4.06. The maximum atomic E-state index is 5.84. The van der Waals surface area contributed by atoms with Gasteiger partial charge >= 0.3 is 0 Å². The van der Waals surface area contributed by atoms with Crippen molar-refractivity contribution in [2.24, 2.45) is 11.1 Å². The summed E-state index contributed by atoms with van der Waals surface area (Å²) in [7, 11) is 0. The van der Waals surface area contributed by atoms with Gasteiger partial charge in [0.25, 0.3) is 0 Å². The van der Waals surface area contributed by atoms with Crippen LogP contribution in [-0.4, -0.2) is 11.8 Å². The Morgan fingerprint density at radius 1 is 1.27 bits per heavy atom. The van der Waals surface area contributed by atoms with Crippen molar-refractivity contribution in [3.05, 3.63) is 29.3 Å². The quantitative estimate of drug-likeness (QED) is 0.818. The van der Waals surface area contributed by atoms with Crippen molar-refractivity contribution in [1.29, 1.82) is 0 Å². The highest BCUT2D eigenvalue weighted by atomic mass is 35.5. The van der Waals surface area contributed by atoms with E-state index in [0.717, 1.165) is 5.02 Å². The molecule has 1 aromatic rings. The van der Waals surface area contributed by atoms with Crippen molar-refractivity contribution in [3.63, 3.8) is 0 Å². The van der Waals surface area contributed by atoms with Crippen LogP contribution in [-0.2, 0) is 0 Å². The minimum absolute atomic E-state index is 0.221. The number of thioether (sulfide) groups is 1. The number of hydrogen-bond acceptors (Lipinski definition) is 2. The Morgan fingerprint density at radius 3 is 2.20 bits per heavy atom. The van der Waals surface area contributed by atoms with Crippen molar-refractivity contribution in [2.45, 2.75) is 30.9 Å². The van der Waals surface area contributed by atoms with Crippen molar-refractivity contribution in [1.82, 2.24) is 0 Å². The molecule has 3 heteroatoms. The van der Waals surface area contributed by atoms with Crippen molar-refractivity contribution in [2.75, 3.05) is 6.54 Å². The van der Waals surface area contributed by atoms with E-state index in [4.69, 9.17) is 17.3 Å². The van der Waals surface area contributed by atoms with Gasteiger partial charge in [0.15, 0.2) is 0 Å². The standard InChI is InChI=1S/C12H18ClNS/c1-12(2,3)11(8-14)15-10-6-4-9(13)5-7-10/h4-7,11H,8,14H2,1-3H3. The highest BCUT2D eigenvalue weighted by molar-refractivity contribution is 8.00. The Labute approximate surface area is 101 Å². The molecule has 84 valence electrons. The minimum Gasteiger partial charge on any atom is -0.329 e. The van der Waals surface area contributed by atoms with Crippen LogP contribution in [0.3, 0.4) is 0 Å². The predicted molar refractivity (Wildman–Crippen MR) is 69.6 cm³/mol.